The molecule has 1 saturated carbocycles. The molecule has 8 nitrogen and oxygen atoms in total. The maximum atomic E-state index is 13.4. The Balaban J connectivity index is 1.48. The molecule has 238 valence electrons. The lowest BCUT2D eigenvalue weighted by molar-refractivity contribution is 0.0460. The molecule has 1 heterocycles. The van der Waals surface area contributed by atoms with Gasteiger partial charge < -0.3 is 19.5 Å². The number of allylic oxidation sites excluding steroid dienone is 1. The quantitative estimate of drug-likeness (QED) is 0.298. The van der Waals surface area contributed by atoms with Gasteiger partial charge in [-0.05, 0) is 98.2 Å². The molecule has 2 aromatic carbocycles. The van der Waals surface area contributed by atoms with Gasteiger partial charge in [0.1, 0.15) is 11.0 Å². The first kappa shape index (κ1) is 32.5. The van der Waals surface area contributed by atoms with Crippen molar-refractivity contribution >= 4 is 33.2 Å². The molecule has 2 aliphatic carbocycles. The summed E-state index contributed by atoms with van der Waals surface area (Å²) in [7, 11) is -2.57. The molecular weight excluding hydrogens is 600 g/mol. The van der Waals surface area contributed by atoms with Crippen LogP contribution in [0.3, 0.4) is 0 Å². The number of hydrogen-bond acceptors (Lipinski definition) is 7. The Kier molecular flexibility index (Phi) is 10.1. The number of nitrogens with one attached hydrogen (secondary N) is 1. The highest BCUT2D eigenvalue weighted by Crippen LogP contribution is 2.46. The van der Waals surface area contributed by atoms with Crippen molar-refractivity contribution in [2.45, 2.75) is 61.7 Å². The molecule has 2 aromatic rings. The third-order valence-electron chi connectivity index (χ3n) is 9.63. The van der Waals surface area contributed by atoms with Crippen molar-refractivity contribution < 1.29 is 27.8 Å². The van der Waals surface area contributed by atoms with Crippen molar-refractivity contribution in [2.24, 2.45) is 11.8 Å². The number of anilines is 1. The number of fused-ring (bicyclic) bond motifs is 3. The third-order valence-corrected chi connectivity index (χ3v) is 11.6. The van der Waals surface area contributed by atoms with E-state index in [-0.39, 0.29) is 29.4 Å². The summed E-state index contributed by atoms with van der Waals surface area (Å²) in [5.41, 5.74) is 3.14. The van der Waals surface area contributed by atoms with E-state index in [0.29, 0.717) is 43.3 Å². The van der Waals surface area contributed by atoms with Crippen LogP contribution in [0.15, 0.2) is 61.7 Å². The van der Waals surface area contributed by atoms with Gasteiger partial charge in [-0.25, -0.2) is 13.1 Å². The molecule has 2 N–H and O–H groups in total. The Morgan fingerprint density at radius 1 is 1.27 bits per heavy atom. The fourth-order valence-electron chi connectivity index (χ4n) is 7.07. The van der Waals surface area contributed by atoms with Gasteiger partial charge in [0.15, 0.2) is 0 Å². The van der Waals surface area contributed by atoms with Crippen molar-refractivity contribution in [2.75, 3.05) is 38.3 Å². The smallest absolute Gasteiger partial charge is 0.264 e. The Morgan fingerprint density at radius 3 is 2.80 bits per heavy atom. The van der Waals surface area contributed by atoms with Gasteiger partial charge >= 0.3 is 0 Å². The summed E-state index contributed by atoms with van der Waals surface area (Å²) in [6.07, 6.45) is 8.24. The van der Waals surface area contributed by atoms with Crippen LogP contribution >= 0.6 is 11.6 Å². The van der Waals surface area contributed by atoms with Gasteiger partial charge in [-0.3, -0.25) is 4.79 Å². The SMILES string of the molecule is C=CCC[C@@H](COC)S(=O)(=O)NC(=O)c1ccc2c(c1)N(C[C@@H]1CC[C@H]1[C@@H](O)C=C)C[C@@]1(CCCc3cc(Cl)ccc31)CO2. The normalized spacial score (nSPS) is 24.1. The van der Waals surface area contributed by atoms with E-state index in [0.717, 1.165) is 37.8 Å². The zero-order valence-electron chi connectivity index (χ0n) is 25.3. The summed E-state index contributed by atoms with van der Waals surface area (Å²) in [5.74, 6) is 0.286. The summed E-state index contributed by atoms with van der Waals surface area (Å²) >= 11 is 6.38. The van der Waals surface area contributed by atoms with Crippen LogP contribution in [0.25, 0.3) is 0 Å². The minimum atomic E-state index is -4.00. The summed E-state index contributed by atoms with van der Waals surface area (Å²) in [4.78, 5) is 15.7. The van der Waals surface area contributed by atoms with E-state index in [9.17, 15) is 18.3 Å². The van der Waals surface area contributed by atoms with Gasteiger partial charge in [-0.2, -0.15) is 0 Å². The van der Waals surface area contributed by atoms with Crippen LogP contribution in [0.1, 0.15) is 60.0 Å². The predicted molar refractivity (Wildman–Crippen MR) is 174 cm³/mol. The van der Waals surface area contributed by atoms with Crippen LogP contribution < -0.4 is 14.4 Å². The molecule has 0 radical (unpaired) electrons. The van der Waals surface area contributed by atoms with Crippen LogP contribution in [-0.2, 0) is 26.6 Å². The number of rotatable bonds is 12. The lowest BCUT2D eigenvalue weighted by Gasteiger charge is -2.45. The molecule has 0 bridgehead atoms. The van der Waals surface area contributed by atoms with Gasteiger partial charge in [-0.15, -0.1) is 13.2 Å². The third kappa shape index (κ3) is 6.71. The summed E-state index contributed by atoms with van der Waals surface area (Å²) in [6, 6.07) is 11.2. The zero-order chi connectivity index (χ0) is 31.5. The number of methoxy groups -OCH3 is 1. The molecule has 1 aliphatic heterocycles. The van der Waals surface area contributed by atoms with E-state index in [1.165, 1.54) is 18.2 Å². The second kappa shape index (κ2) is 13.6. The minimum absolute atomic E-state index is 0.0316. The number of amides is 1. The number of ether oxygens (including phenoxy) is 2. The van der Waals surface area contributed by atoms with Gasteiger partial charge in [0.25, 0.3) is 5.91 Å². The molecule has 3 aliphatic rings. The van der Waals surface area contributed by atoms with E-state index < -0.39 is 27.3 Å². The molecular formula is C34H43ClN2O6S. The predicted octanol–water partition coefficient (Wildman–Crippen LogP) is 5.43. The van der Waals surface area contributed by atoms with Crippen LogP contribution in [0.4, 0.5) is 5.69 Å². The number of aryl methyl sites for hydroxylation is 1. The standard InChI is InChI=1S/C34H43ClN2O6S/c1-4-6-9-27(20-42-3)44(40,41)36-33(39)24-11-15-32-30(18-24)37(19-25-10-13-28(25)31(38)5-2)21-34(22-43-32)16-7-8-23-17-26(35)12-14-29(23)34/h4-5,11-12,14-15,17-18,25,27-28,31,38H,1-2,6-10,13,16,19-22H2,3H3,(H,36,39)/t25-,27-,28+,31-,34-/m0/s1. The highest BCUT2D eigenvalue weighted by Gasteiger charge is 2.44. The maximum absolute atomic E-state index is 13.4. The fraction of sp³-hybridized carbons (Fsp3) is 0.500. The number of halogens is 1. The van der Waals surface area contributed by atoms with Crippen molar-refractivity contribution in [1.82, 2.24) is 4.72 Å². The largest absolute Gasteiger partial charge is 0.490 e. The summed E-state index contributed by atoms with van der Waals surface area (Å²) in [5, 5.41) is 10.4. The molecule has 10 heteroatoms. The Morgan fingerprint density at radius 2 is 2.09 bits per heavy atom. The number of benzene rings is 2. The second-order valence-corrected chi connectivity index (χ2v) is 14.8. The minimum Gasteiger partial charge on any atom is -0.490 e. The van der Waals surface area contributed by atoms with Gasteiger partial charge in [0.2, 0.25) is 10.0 Å². The van der Waals surface area contributed by atoms with Crippen molar-refractivity contribution in [3.8, 4) is 5.75 Å². The van der Waals surface area contributed by atoms with E-state index >= 15 is 0 Å². The van der Waals surface area contributed by atoms with E-state index in [1.807, 2.05) is 6.07 Å². The number of hydrogen-bond donors (Lipinski definition) is 2. The second-order valence-electron chi connectivity index (χ2n) is 12.4. The number of carbonyl (C=O) groups is 1. The molecule has 1 spiro atoms. The molecule has 44 heavy (non-hydrogen) atoms. The van der Waals surface area contributed by atoms with E-state index in [1.54, 1.807) is 30.4 Å². The Labute approximate surface area is 266 Å². The van der Waals surface area contributed by atoms with Crippen molar-refractivity contribution in [3.63, 3.8) is 0 Å². The molecule has 1 amide bonds. The molecule has 0 aromatic heterocycles. The lowest BCUT2D eigenvalue weighted by Crippen LogP contribution is -2.49. The highest BCUT2D eigenvalue weighted by atomic mass is 35.5. The first-order chi connectivity index (χ1) is 21.1. The number of carbonyl (C=O) groups excluding carboxylic acids is 1. The zero-order valence-corrected chi connectivity index (χ0v) is 26.9. The van der Waals surface area contributed by atoms with Crippen LogP contribution in [-0.4, -0.2) is 64.2 Å². The lowest BCUT2D eigenvalue weighted by atomic mass is 9.68. The summed E-state index contributed by atoms with van der Waals surface area (Å²) < 4.78 is 40.2. The molecule has 5 rings (SSSR count). The Bertz CT molecular complexity index is 1500. The van der Waals surface area contributed by atoms with E-state index in [4.69, 9.17) is 21.1 Å². The molecule has 5 atom stereocenters. The van der Waals surface area contributed by atoms with Gasteiger partial charge in [-0.1, -0.05) is 29.8 Å². The maximum Gasteiger partial charge on any atom is 0.264 e. The Hall–Kier alpha value is -2.85. The van der Waals surface area contributed by atoms with Crippen LogP contribution in [0, 0.1) is 11.8 Å². The monoisotopic (exact) mass is 642 g/mol. The molecule has 1 fully saturated rings. The highest BCUT2D eigenvalue weighted by molar-refractivity contribution is 7.90. The topological polar surface area (TPSA) is 105 Å². The van der Waals surface area contributed by atoms with Crippen LogP contribution in [0.2, 0.25) is 5.02 Å². The number of aliphatic hydroxyl groups excluding tert-OH is 1. The first-order valence-electron chi connectivity index (χ1n) is 15.4. The molecule has 0 saturated heterocycles. The summed E-state index contributed by atoms with van der Waals surface area (Å²) in [6.45, 7) is 9.23. The fourth-order valence-corrected chi connectivity index (χ4v) is 8.57. The van der Waals surface area contributed by atoms with Gasteiger partial charge in [0.05, 0.1) is 25.0 Å². The first-order valence-corrected chi connectivity index (χ1v) is 17.3. The van der Waals surface area contributed by atoms with Crippen LogP contribution in [0.5, 0.6) is 5.75 Å². The van der Waals surface area contributed by atoms with E-state index in [2.05, 4.69) is 34.9 Å². The number of sulfonamides is 1. The van der Waals surface area contributed by atoms with Gasteiger partial charge in [0, 0.05) is 36.2 Å². The number of nitrogens with zero attached hydrogens (tertiary/aromatic N) is 1. The average Bonchev–Trinajstić information content (AvgIpc) is 3.13. The van der Waals surface area contributed by atoms with Crippen molar-refractivity contribution in [3.05, 3.63) is 83.4 Å². The average molecular weight is 643 g/mol. The van der Waals surface area contributed by atoms with Crippen molar-refractivity contribution in [1.29, 1.82) is 0 Å². The molecule has 0 unspecified atom stereocenters. The number of aliphatic hydroxyl groups is 1.